The number of rotatable bonds is 7. The first-order valence-corrected chi connectivity index (χ1v) is 7.16. The number of furan rings is 1. The summed E-state index contributed by atoms with van der Waals surface area (Å²) in [5, 5.41) is 3.57. The van der Waals surface area contributed by atoms with Crippen LogP contribution in [0.15, 0.2) is 47.1 Å². The number of hydrogen-bond donors (Lipinski definition) is 1. The van der Waals surface area contributed by atoms with Crippen molar-refractivity contribution in [1.82, 2.24) is 5.32 Å². The molecule has 20 heavy (non-hydrogen) atoms. The summed E-state index contributed by atoms with van der Waals surface area (Å²) >= 11 is 0. The summed E-state index contributed by atoms with van der Waals surface area (Å²) in [5.41, 5.74) is 1.16. The quantitative estimate of drug-likeness (QED) is 0.827. The van der Waals surface area contributed by atoms with Crippen LogP contribution in [-0.2, 0) is 12.8 Å². The van der Waals surface area contributed by atoms with Gasteiger partial charge in [-0.15, -0.1) is 0 Å². The van der Waals surface area contributed by atoms with Gasteiger partial charge in [-0.1, -0.05) is 12.1 Å². The van der Waals surface area contributed by atoms with E-state index in [-0.39, 0.29) is 5.82 Å². The molecule has 0 spiro atoms. The predicted molar refractivity (Wildman–Crippen MR) is 79.2 cm³/mol. The van der Waals surface area contributed by atoms with Gasteiger partial charge in [0.1, 0.15) is 11.6 Å². The summed E-state index contributed by atoms with van der Waals surface area (Å²) < 4.78 is 18.2. The van der Waals surface area contributed by atoms with Gasteiger partial charge >= 0.3 is 0 Å². The van der Waals surface area contributed by atoms with Crippen LogP contribution in [0.3, 0.4) is 0 Å². The summed E-state index contributed by atoms with van der Waals surface area (Å²) in [6.07, 6.45) is 4.61. The summed E-state index contributed by atoms with van der Waals surface area (Å²) in [4.78, 5) is 0. The Morgan fingerprint density at radius 1 is 1.10 bits per heavy atom. The molecular weight excluding hydrogens is 253 g/mol. The standard InChI is InChI=1S/C17H22FNO/c1-13(5-10-17-4-3-11-20-17)19-14(2)12-15-6-8-16(18)9-7-15/h3-4,6-9,11,13-14,19H,5,10,12H2,1-2H3. The fourth-order valence-corrected chi connectivity index (χ4v) is 2.42. The first-order chi connectivity index (χ1) is 9.63. The molecular formula is C17H22FNO. The smallest absolute Gasteiger partial charge is 0.123 e. The number of aryl methyl sites for hydroxylation is 1. The molecule has 2 unspecified atom stereocenters. The number of benzene rings is 1. The molecule has 2 rings (SSSR count). The van der Waals surface area contributed by atoms with E-state index in [4.69, 9.17) is 4.42 Å². The van der Waals surface area contributed by atoms with Crippen molar-refractivity contribution < 1.29 is 8.81 Å². The van der Waals surface area contributed by atoms with Gasteiger partial charge < -0.3 is 9.73 Å². The molecule has 108 valence electrons. The van der Waals surface area contributed by atoms with Crippen LogP contribution in [0.25, 0.3) is 0 Å². The highest BCUT2D eigenvalue weighted by Crippen LogP contribution is 2.09. The summed E-state index contributed by atoms with van der Waals surface area (Å²) in [7, 11) is 0. The van der Waals surface area contributed by atoms with E-state index in [9.17, 15) is 4.39 Å². The van der Waals surface area contributed by atoms with Gasteiger partial charge in [0.15, 0.2) is 0 Å². The first-order valence-electron chi connectivity index (χ1n) is 7.16. The van der Waals surface area contributed by atoms with Crippen molar-refractivity contribution in [2.45, 2.75) is 45.2 Å². The molecule has 0 amide bonds. The van der Waals surface area contributed by atoms with Crippen LogP contribution < -0.4 is 5.32 Å². The molecule has 0 bridgehead atoms. The zero-order chi connectivity index (χ0) is 14.4. The Morgan fingerprint density at radius 2 is 1.85 bits per heavy atom. The Kier molecular flexibility index (Phi) is 5.36. The van der Waals surface area contributed by atoms with Crippen LogP contribution in [0.4, 0.5) is 4.39 Å². The van der Waals surface area contributed by atoms with Gasteiger partial charge in [-0.3, -0.25) is 0 Å². The minimum Gasteiger partial charge on any atom is -0.469 e. The summed E-state index contributed by atoms with van der Waals surface area (Å²) in [6, 6.07) is 11.5. The molecule has 1 N–H and O–H groups in total. The van der Waals surface area contributed by atoms with Crippen molar-refractivity contribution in [3.63, 3.8) is 0 Å². The van der Waals surface area contributed by atoms with E-state index < -0.39 is 0 Å². The highest BCUT2D eigenvalue weighted by Gasteiger charge is 2.09. The Bertz CT molecular complexity index is 492. The van der Waals surface area contributed by atoms with Gasteiger partial charge in [-0.2, -0.15) is 0 Å². The first kappa shape index (κ1) is 14.8. The lowest BCUT2D eigenvalue weighted by Crippen LogP contribution is -2.36. The highest BCUT2D eigenvalue weighted by atomic mass is 19.1. The lowest BCUT2D eigenvalue weighted by molar-refractivity contribution is 0.423. The van der Waals surface area contributed by atoms with E-state index in [1.165, 1.54) is 12.1 Å². The fourth-order valence-electron chi connectivity index (χ4n) is 2.42. The topological polar surface area (TPSA) is 25.2 Å². The van der Waals surface area contributed by atoms with E-state index in [2.05, 4.69) is 19.2 Å². The van der Waals surface area contributed by atoms with Gasteiger partial charge in [-0.25, -0.2) is 4.39 Å². The molecule has 3 heteroatoms. The van der Waals surface area contributed by atoms with Gasteiger partial charge in [0, 0.05) is 18.5 Å². The molecule has 0 aliphatic heterocycles. The Morgan fingerprint density at radius 3 is 2.50 bits per heavy atom. The molecule has 2 aromatic rings. The third-order valence-electron chi connectivity index (χ3n) is 3.43. The van der Waals surface area contributed by atoms with E-state index in [0.717, 1.165) is 30.6 Å². The highest BCUT2D eigenvalue weighted by molar-refractivity contribution is 5.17. The second kappa shape index (κ2) is 7.25. The molecule has 0 aliphatic carbocycles. The van der Waals surface area contributed by atoms with Crippen molar-refractivity contribution in [3.8, 4) is 0 Å². The van der Waals surface area contributed by atoms with E-state index >= 15 is 0 Å². The van der Waals surface area contributed by atoms with Crippen molar-refractivity contribution >= 4 is 0 Å². The molecule has 1 heterocycles. The number of halogens is 1. The van der Waals surface area contributed by atoms with E-state index in [1.54, 1.807) is 6.26 Å². The largest absolute Gasteiger partial charge is 0.469 e. The number of hydrogen-bond acceptors (Lipinski definition) is 2. The minimum atomic E-state index is -0.179. The predicted octanol–water partition coefficient (Wildman–Crippen LogP) is 3.96. The maximum atomic E-state index is 12.8. The van der Waals surface area contributed by atoms with Crippen molar-refractivity contribution in [1.29, 1.82) is 0 Å². The van der Waals surface area contributed by atoms with Crippen LogP contribution in [0.2, 0.25) is 0 Å². The minimum absolute atomic E-state index is 0.179. The Balaban J connectivity index is 1.73. The monoisotopic (exact) mass is 275 g/mol. The SMILES string of the molecule is CC(CCc1ccco1)NC(C)Cc1ccc(F)cc1. The van der Waals surface area contributed by atoms with Gasteiger partial charge in [0.05, 0.1) is 6.26 Å². The lowest BCUT2D eigenvalue weighted by atomic mass is 10.1. The fraction of sp³-hybridized carbons (Fsp3) is 0.412. The average Bonchev–Trinajstić information content (AvgIpc) is 2.92. The van der Waals surface area contributed by atoms with Crippen molar-refractivity contribution in [3.05, 3.63) is 59.8 Å². The van der Waals surface area contributed by atoms with E-state index in [1.807, 2.05) is 24.3 Å². The van der Waals surface area contributed by atoms with Crippen LogP contribution >= 0.6 is 0 Å². The summed E-state index contributed by atoms with van der Waals surface area (Å²) in [5.74, 6) is 0.853. The van der Waals surface area contributed by atoms with Crippen LogP contribution in [-0.4, -0.2) is 12.1 Å². The molecule has 0 aliphatic rings. The second-order valence-corrected chi connectivity index (χ2v) is 5.42. The molecule has 0 saturated carbocycles. The molecule has 1 aromatic heterocycles. The molecule has 0 fully saturated rings. The van der Waals surface area contributed by atoms with Gasteiger partial charge in [0.2, 0.25) is 0 Å². The maximum Gasteiger partial charge on any atom is 0.123 e. The molecule has 0 saturated heterocycles. The van der Waals surface area contributed by atoms with Gasteiger partial charge in [0.25, 0.3) is 0 Å². The Labute approximate surface area is 120 Å². The third-order valence-corrected chi connectivity index (χ3v) is 3.43. The zero-order valence-electron chi connectivity index (χ0n) is 12.1. The molecule has 2 atom stereocenters. The normalized spacial score (nSPS) is 14.2. The van der Waals surface area contributed by atoms with E-state index in [0.29, 0.717) is 12.1 Å². The lowest BCUT2D eigenvalue weighted by Gasteiger charge is -2.19. The molecule has 0 radical (unpaired) electrons. The summed E-state index contributed by atoms with van der Waals surface area (Å²) in [6.45, 7) is 4.34. The molecule has 2 nitrogen and oxygen atoms in total. The maximum absolute atomic E-state index is 12.8. The zero-order valence-corrected chi connectivity index (χ0v) is 12.1. The van der Waals surface area contributed by atoms with Crippen LogP contribution in [0.5, 0.6) is 0 Å². The van der Waals surface area contributed by atoms with Crippen LogP contribution in [0.1, 0.15) is 31.6 Å². The van der Waals surface area contributed by atoms with Crippen LogP contribution in [0, 0.1) is 5.82 Å². The average molecular weight is 275 g/mol. The molecule has 1 aromatic carbocycles. The van der Waals surface area contributed by atoms with Crippen molar-refractivity contribution in [2.24, 2.45) is 0 Å². The second-order valence-electron chi connectivity index (χ2n) is 5.42. The number of nitrogens with one attached hydrogen (secondary N) is 1. The van der Waals surface area contributed by atoms with Crippen molar-refractivity contribution in [2.75, 3.05) is 0 Å². The third kappa shape index (κ3) is 4.82. The Hall–Kier alpha value is -1.61. The van der Waals surface area contributed by atoms with Gasteiger partial charge in [-0.05, 0) is 56.5 Å².